The number of nitrogens with one attached hydrogen (secondary N) is 1. The van der Waals surface area contributed by atoms with Crippen LogP contribution < -0.4 is 10.2 Å². The highest BCUT2D eigenvalue weighted by Gasteiger charge is 2.20. The largest absolute Gasteiger partial charge is 0.367 e. The van der Waals surface area contributed by atoms with Crippen LogP contribution in [0, 0.1) is 0 Å². The second-order valence-electron chi connectivity index (χ2n) is 6.46. The molecule has 1 fully saturated rings. The van der Waals surface area contributed by atoms with E-state index in [0.717, 1.165) is 68.2 Å². The molecule has 0 radical (unpaired) electrons. The summed E-state index contributed by atoms with van der Waals surface area (Å²) in [6.45, 7) is 10.3. The fraction of sp³-hybridized carbons (Fsp3) is 0.526. The van der Waals surface area contributed by atoms with Crippen LogP contribution in [-0.4, -0.2) is 64.9 Å². The molecule has 28 heavy (non-hydrogen) atoms. The monoisotopic (exact) mass is 517 g/mol. The van der Waals surface area contributed by atoms with Gasteiger partial charge in [-0.2, -0.15) is 0 Å². The molecule has 0 bridgehead atoms. The lowest BCUT2D eigenvalue weighted by molar-refractivity contribution is 0.372. The van der Waals surface area contributed by atoms with E-state index in [2.05, 4.69) is 49.8 Å². The number of piperazine rings is 1. The third kappa shape index (κ3) is 5.73. The Labute approximate surface area is 189 Å². The molecule has 0 amide bonds. The van der Waals surface area contributed by atoms with Crippen molar-refractivity contribution in [1.29, 1.82) is 0 Å². The van der Waals surface area contributed by atoms with Crippen molar-refractivity contribution in [2.45, 2.75) is 26.8 Å². The highest BCUT2D eigenvalue weighted by Crippen LogP contribution is 2.25. The number of anilines is 1. The van der Waals surface area contributed by atoms with E-state index in [1.807, 2.05) is 18.2 Å². The summed E-state index contributed by atoms with van der Waals surface area (Å²) in [4.78, 5) is 9.48. The number of aromatic nitrogens is 3. The van der Waals surface area contributed by atoms with Crippen molar-refractivity contribution in [2.75, 3.05) is 44.2 Å². The first-order valence-corrected chi connectivity index (χ1v) is 10.00. The SMILES string of the molecule is CCNC(=NCCn1cnnc1CC)N1CCN(c2ccccc2Cl)CC1.I. The zero-order valence-electron chi connectivity index (χ0n) is 16.5. The van der Waals surface area contributed by atoms with E-state index in [-0.39, 0.29) is 24.0 Å². The van der Waals surface area contributed by atoms with Gasteiger partial charge in [-0.3, -0.25) is 4.99 Å². The Morgan fingerprint density at radius 2 is 1.93 bits per heavy atom. The lowest BCUT2D eigenvalue weighted by Crippen LogP contribution is -2.52. The molecule has 1 saturated heterocycles. The van der Waals surface area contributed by atoms with E-state index in [1.165, 1.54) is 0 Å². The number of hydrogen-bond donors (Lipinski definition) is 1. The molecule has 1 aromatic carbocycles. The number of aliphatic imine (C=N–C) groups is 1. The van der Waals surface area contributed by atoms with E-state index >= 15 is 0 Å². The first-order chi connectivity index (χ1) is 13.2. The van der Waals surface area contributed by atoms with Crippen LogP contribution in [0.3, 0.4) is 0 Å². The number of benzene rings is 1. The van der Waals surface area contributed by atoms with Crippen LogP contribution in [0.2, 0.25) is 5.02 Å². The summed E-state index contributed by atoms with van der Waals surface area (Å²) in [6, 6.07) is 8.04. The van der Waals surface area contributed by atoms with Crippen molar-refractivity contribution >= 4 is 47.2 Å². The van der Waals surface area contributed by atoms with E-state index in [0.29, 0.717) is 6.54 Å². The molecule has 2 aromatic rings. The lowest BCUT2D eigenvalue weighted by Gasteiger charge is -2.38. The van der Waals surface area contributed by atoms with E-state index in [4.69, 9.17) is 16.6 Å². The van der Waals surface area contributed by atoms with Crippen LogP contribution in [0.15, 0.2) is 35.6 Å². The van der Waals surface area contributed by atoms with Gasteiger partial charge in [0.1, 0.15) is 12.2 Å². The van der Waals surface area contributed by atoms with Crippen LogP contribution in [0.4, 0.5) is 5.69 Å². The Hall–Kier alpha value is -1.55. The molecule has 0 atom stereocenters. The van der Waals surface area contributed by atoms with Gasteiger partial charge in [-0.05, 0) is 19.1 Å². The molecule has 0 aliphatic carbocycles. The second-order valence-corrected chi connectivity index (χ2v) is 6.86. The average Bonchev–Trinajstić information content (AvgIpc) is 3.15. The third-order valence-corrected chi connectivity index (χ3v) is 5.04. The van der Waals surface area contributed by atoms with Crippen LogP contribution >= 0.6 is 35.6 Å². The maximum absolute atomic E-state index is 6.34. The van der Waals surface area contributed by atoms with Crippen molar-refractivity contribution in [3.63, 3.8) is 0 Å². The summed E-state index contributed by atoms with van der Waals surface area (Å²) in [5.41, 5.74) is 1.11. The Kier molecular flexibility index (Phi) is 9.30. The molecule has 1 aromatic heterocycles. The summed E-state index contributed by atoms with van der Waals surface area (Å²) < 4.78 is 2.07. The van der Waals surface area contributed by atoms with Crippen molar-refractivity contribution in [3.8, 4) is 0 Å². The predicted molar refractivity (Wildman–Crippen MR) is 126 cm³/mol. The van der Waals surface area contributed by atoms with Gasteiger partial charge in [0.2, 0.25) is 0 Å². The number of halogens is 2. The zero-order chi connectivity index (χ0) is 19.1. The molecule has 3 rings (SSSR count). The van der Waals surface area contributed by atoms with Gasteiger partial charge in [-0.1, -0.05) is 30.7 Å². The summed E-state index contributed by atoms with van der Waals surface area (Å²) in [5, 5.41) is 12.3. The van der Waals surface area contributed by atoms with Gasteiger partial charge in [0.25, 0.3) is 0 Å². The number of nitrogens with zero attached hydrogens (tertiary/aromatic N) is 6. The second kappa shape index (κ2) is 11.5. The minimum Gasteiger partial charge on any atom is -0.367 e. The first-order valence-electron chi connectivity index (χ1n) is 9.62. The van der Waals surface area contributed by atoms with Crippen molar-refractivity contribution < 1.29 is 0 Å². The van der Waals surface area contributed by atoms with Crippen LogP contribution in [0.25, 0.3) is 0 Å². The maximum atomic E-state index is 6.34. The Morgan fingerprint density at radius 3 is 2.61 bits per heavy atom. The van der Waals surface area contributed by atoms with Gasteiger partial charge in [0, 0.05) is 45.7 Å². The van der Waals surface area contributed by atoms with Crippen molar-refractivity contribution in [1.82, 2.24) is 25.0 Å². The van der Waals surface area contributed by atoms with Gasteiger partial charge < -0.3 is 19.7 Å². The van der Waals surface area contributed by atoms with Crippen LogP contribution in [0.5, 0.6) is 0 Å². The van der Waals surface area contributed by atoms with E-state index in [9.17, 15) is 0 Å². The lowest BCUT2D eigenvalue weighted by atomic mass is 10.2. The van der Waals surface area contributed by atoms with E-state index in [1.54, 1.807) is 6.33 Å². The molecule has 1 aliphatic heterocycles. The van der Waals surface area contributed by atoms with E-state index < -0.39 is 0 Å². The Morgan fingerprint density at radius 1 is 1.18 bits per heavy atom. The molecule has 1 N–H and O–H groups in total. The number of para-hydroxylation sites is 1. The molecule has 1 aliphatic rings. The summed E-state index contributed by atoms with van der Waals surface area (Å²) >= 11 is 6.34. The molecular formula is C19H29ClIN7. The molecule has 2 heterocycles. The summed E-state index contributed by atoms with van der Waals surface area (Å²) in [6.07, 6.45) is 2.66. The minimum absolute atomic E-state index is 0. The molecule has 154 valence electrons. The summed E-state index contributed by atoms with van der Waals surface area (Å²) in [7, 11) is 0. The average molecular weight is 518 g/mol. The van der Waals surface area contributed by atoms with Crippen LogP contribution in [0.1, 0.15) is 19.7 Å². The number of guanidine groups is 1. The fourth-order valence-corrected chi connectivity index (χ4v) is 3.55. The standard InChI is InChI=1S/C19H28ClN7.HI/c1-3-18-24-23-15-27(18)10-9-22-19(21-4-2)26-13-11-25(12-14-26)17-8-6-5-7-16(17)20;/h5-8,15H,3-4,9-14H2,1-2H3,(H,21,22);1H. The normalized spacial score (nSPS) is 14.8. The Balaban J connectivity index is 0.00000280. The topological polar surface area (TPSA) is 61.6 Å². The molecule has 7 nitrogen and oxygen atoms in total. The van der Waals surface area contributed by atoms with Gasteiger partial charge >= 0.3 is 0 Å². The van der Waals surface area contributed by atoms with Gasteiger partial charge in [-0.15, -0.1) is 34.2 Å². The quantitative estimate of drug-likeness (QED) is 0.363. The fourth-order valence-electron chi connectivity index (χ4n) is 3.30. The minimum atomic E-state index is 0. The molecule has 9 heteroatoms. The van der Waals surface area contributed by atoms with Gasteiger partial charge in [0.15, 0.2) is 5.96 Å². The molecule has 0 spiro atoms. The maximum Gasteiger partial charge on any atom is 0.194 e. The number of rotatable bonds is 6. The number of hydrogen-bond acceptors (Lipinski definition) is 4. The zero-order valence-corrected chi connectivity index (χ0v) is 19.6. The van der Waals surface area contributed by atoms with Crippen LogP contribution in [-0.2, 0) is 13.0 Å². The van der Waals surface area contributed by atoms with Crippen molar-refractivity contribution in [2.24, 2.45) is 4.99 Å². The Bertz CT molecular complexity index is 756. The van der Waals surface area contributed by atoms with Gasteiger partial charge in [0.05, 0.1) is 17.3 Å². The molecule has 0 saturated carbocycles. The smallest absolute Gasteiger partial charge is 0.194 e. The molecular weight excluding hydrogens is 489 g/mol. The van der Waals surface area contributed by atoms with Gasteiger partial charge in [-0.25, -0.2) is 0 Å². The third-order valence-electron chi connectivity index (χ3n) is 4.72. The highest BCUT2D eigenvalue weighted by atomic mass is 127. The first kappa shape index (κ1) is 22.7. The highest BCUT2D eigenvalue weighted by molar-refractivity contribution is 14.0. The number of aryl methyl sites for hydroxylation is 1. The predicted octanol–water partition coefficient (Wildman–Crippen LogP) is 2.90. The summed E-state index contributed by atoms with van der Waals surface area (Å²) in [5.74, 6) is 1.98. The molecule has 0 unspecified atom stereocenters. The van der Waals surface area contributed by atoms with Crippen molar-refractivity contribution in [3.05, 3.63) is 41.4 Å².